The van der Waals surface area contributed by atoms with Crippen LogP contribution in [0.4, 0.5) is 0 Å². The fraction of sp³-hybridized carbons (Fsp3) is 0.615. The van der Waals surface area contributed by atoms with Gasteiger partial charge in [-0.2, -0.15) is 0 Å². The second-order valence-electron chi connectivity index (χ2n) is 9.61. The number of para-hydroxylation sites is 1. The first kappa shape index (κ1) is 25.4. The van der Waals surface area contributed by atoms with Gasteiger partial charge in [-0.3, -0.25) is 9.59 Å². The summed E-state index contributed by atoms with van der Waals surface area (Å²) in [5.41, 5.74) is 0.488. The third-order valence-corrected chi connectivity index (χ3v) is 8.24. The van der Waals surface area contributed by atoms with Gasteiger partial charge < -0.3 is 25.2 Å². The molecule has 0 heterocycles. The fourth-order valence-electron chi connectivity index (χ4n) is 5.62. The molecule has 3 unspecified atom stereocenters. The van der Waals surface area contributed by atoms with Crippen molar-refractivity contribution in [2.45, 2.75) is 82.1 Å². The minimum Gasteiger partial charge on any atom is -0.482 e. The molecular weight excluding hydrogens is 547 g/mol. The van der Waals surface area contributed by atoms with E-state index in [0.717, 1.165) is 54.9 Å². The van der Waals surface area contributed by atoms with Gasteiger partial charge in [-0.15, -0.1) is 0 Å². The molecule has 0 aliphatic heterocycles. The van der Waals surface area contributed by atoms with Gasteiger partial charge in [0.2, 0.25) is 11.8 Å². The van der Waals surface area contributed by atoms with E-state index in [9.17, 15) is 14.7 Å². The largest absolute Gasteiger partial charge is 0.482 e. The first-order chi connectivity index (χ1) is 16.5. The Morgan fingerprint density at radius 1 is 1.09 bits per heavy atom. The summed E-state index contributed by atoms with van der Waals surface area (Å²) in [6.07, 6.45) is 8.18. The Morgan fingerprint density at radius 2 is 1.76 bits per heavy atom. The molecular formula is C26H35IN2O5. The fourth-order valence-corrected chi connectivity index (χ4v) is 6.13. The van der Waals surface area contributed by atoms with Crippen LogP contribution in [0.15, 0.2) is 35.9 Å². The maximum Gasteiger partial charge on any atom is 0.247 e. The molecule has 3 N–H and O–H groups in total. The molecule has 3 aliphatic rings. The van der Waals surface area contributed by atoms with Crippen molar-refractivity contribution in [1.29, 1.82) is 0 Å². The quantitative estimate of drug-likeness (QED) is 0.410. The van der Waals surface area contributed by atoms with Crippen LogP contribution in [-0.4, -0.2) is 64.4 Å². The number of aliphatic hydroxyl groups excluding tert-OH is 2. The van der Waals surface area contributed by atoms with Crippen LogP contribution in [0.2, 0.25) is 0 Å². The van der Waals surface area contributed by atoms with Crippen LogP contribution in [0.5, 0.6) is 5.75 Å². The molecule has 1 aromatic carbocycles. The number of rotatable bonds is 8. The van der Waals surface area contributed by atoms with E-state index in [1.54, 1.807) is 6.08 Å². The van der Waals surface area contributed by atoms with Crippen molar-refractivity contribution in [3.05, 3.63) is 39.5 Å². The van der Waals surface area contributed by atoms with Gasteiger partial charge in [0.1, 0.15) is 18.0 Å². The van der Waals surface area contributed by atoms with Crippen molar-refractivity contribution >= 4 is 34.4 Å². The van der Waals surface area contributed by atoms with Gasteiger partial charge in [0.15, 0.2) is 0 Å². The molecule has 4 rings (SSSR count). The van der Waals surface area contributed by atoms with Crippen LogP contribution in [0, 0.1) is 9.49 Å². The summed E-state index contributed by atoms with van der Waals surface area (Å²) in [4.78, 5) is 28.6. The van der Waals surface area contributed by atoms with E-state index in [-0.39, 0.29) is 43.3 Å². The normalized spacial score (nSPS) is 25.7. The molecule has 2 saturated carbocycles. The molecule has 3 aliphatic carbocycles. The minimum atomic E-state index is -0.948. The zero-order valence-corrected chi connectivity index (χ0v) is 21.7. The van der Waals surface area contributed by atoms with Gasteiger partial charge in [0, 0.05) is 30.5 Å². The average molecular weight is 582 g/mol. The first-order valence-corrected chi connectivity index (χ1v) is 13.6. The van der Waals surface area contributed by atoms with Crippen molar-refractivity contribution in [1.82, 2.24) is 10.2 Å². The van der Waals surface area contributed by atoms with E-state index in [1.165, 1.54) is 0 Å². The summed E-state index contributed by atoms with van der Waals surface area (Å²) in [6.45, 7) is 0.000419. The molecule has 8 heteroatoms. The molecule has 34 heavy (non-hydrogen) atoms. The van der Waals surface area contributed by atoms with E-state index < -0.39 is 18.2 Å². The number of carbonyl (C=O) groups excluding carboxylic acids is 2. The van der Waals surface area contributed by atoms with Crippen molar-refractivity contribution in [2.24, 2.45) is 5.92 Å². The van der Waals surface area contributed by atoms with Gasteiger partial charge in [-0.25, -0.2) is 0 Å². The van der Waals surface area contributed by atoms with Crippen molar-refractivity contribution in [3.8, 4) is 5.75 Å². The number of nitrogens with one attached hydrogen (secondary N) is 1. The summed E-state index contributed by atoms with van der Waals surface area (Å²) in [7, 11) is 0. The average Bonchev–Trinajstić information content (AvgIpc) is 3.56. The third-order valence-electron chi connectivity index (χ3n) is 7.35. The highest BCUT2D eigenvalue weighted by Gasteiger charge is 2.45. The molecule has 0 bridgehead atoms. The topological polar surface area (TPSA) is 99.1 Å². The molecule has 1 aromatic rings. The number of ether oxygens (including phenoxy) is 1. The standard InChI is InChI=1S/C26H35IN2O5/c27-20-11-5-6-12-22(20)34-23-16-18(25(32)28-13-14-30)15-21(24(23)31)29(19-9-3-4-10-19)26(33)17-7-1-2-8-17/h5-6,11-12,16-17,19,21,23-24,30-31H,1-4,7-10,13-15H2,(H,28,32). The smallest absolute Gasteiger partial charge is 0.247 e. The number of nitrogens with zero attached hydrogens (tertiary/aromatic N) is 1. The predicted octanol–water partition coefficient (Wildman–Crippen LogP) is 3.17. The Labute approximate surface area is 215 Å². The van der Waals surface area contributed by atoms with E-state index >= 15 is 0 Å². The lowest BCUT2D eigenvalue weighted by Gasteiger charge is -2.44. The van der Waals surface area contributed by atoms with E-state index in [2.05, 4.69) is 27.9 Å². The molecule has 186 valence electrons. The highest BCUT2D eigenvalue weighted by molar-refractivity contribution is 14.1. The third kappa shape index (κ3) is 5.76. The summed E-state index contributed by atoms with van der Waals surface area (Å²) >= 11 is 2.19. The van der Waals surface area contributed by atoms with Crippen molar-refractivity contribution in [2.75, 3.05) is 13.2 Å². The molecule has 2 amide bonds. The van der Waals surface area contributed by atoms with Gasteiger partial charge in [-0.05, 0) is 66.5 Å². The molecule has 0 radical (unpaired) electrons. The second-order valence-corrected chi connectivity index (χ2v) is 10.8. The monoisotopic (exact) mass is 582 g/mol. The number of aliphatic hydroxyl groups is 2. The van der Waals surface area contributed by atoms with Gasteiger partial charge in [0.05, 0.1) is 16.2 Å². The second kappa shape index (κ2) is 11.9. The highest BCUT2D eigenvalue weighted by Crippen LogP contribution is 2.37. The molecule has 2 fully saturated rings. The van der Waals surface area contributed by atoms with Crippen molar-refractivity contribution < 1.29 is 24.5 Å². The Hall–Kier alpha value is -1.65. The van der Waals surface area contributed by atoms with Gasteiger partial charge in [0.25, 0.3) is 0 Å². The Balaban J connectivity index is 1.66. The van der Waals surface area contributed by atoms with E-state index in [0.29, 0.717) is 11.3 Å². The van der Waals surface area contributed by atoms with Crippen LogP contribution in [0.25, 0.3) is 0 Å². The molecule has 0 saturated heterocycles. The lowest BCUT2D eigenvalue weighted by Crippen LogP contribution is -2.58. The summed E-state index contributed by atoms with van der Waals surface area (Å²) in [5.74, 6) is 0.467. The molecule has 7 nitrogen and oxygen atoms in total. The number of amides is 2. The molecule has 0 spiro atoms. The number of benzene rings is 1. The summed E-state index contributed by atoms with van der Waals surface area (Å²) < 4.78 is 7.14. The van der Waals surface area contributed by atoms with Gasteiger partial charge in [-0.1, -0.05) is 37.8 Å². The van der Waals surface area contributed by atoms with Crippen molar-refractivity contribution in [3.63, 3.8) is 0 Å². The minimum absolute atomic E-state index is 0.000174. The van der Waals surface area contributed by atoms with Crippen LogP contribution >= 0.6 is 22.6 Å². The number of hydrogen-bond donors (Lipinski definition) is 3. The Kier molecular flexibility index (Phi) is 8.87. The summed E-state index contributed by atoms with van der Waals surface area (Å²) in [6, 6.07) is 7.12. The number of hydrogen-bond acceptors (Lipinski definition) is 5. The van der Waals surface area contributed by atoms with Crippen LogP contribution in [-0.2, 0) is 9.59 Å². The Morgan fingerprint density at radius 3 is 2.44 bits per heavy atom. The van der Waals surface area contributed by atoms with Gasteiger partial charge >= 0.3 is 0 Å². The predicted molar refractivity (Wildman–Crippen MR) is 137 cm³/mol. The SMILES string of the molecule is O=C(NCCO)C1=CC(Oc2ccccc2I)C(O)C(N(C(=O)C2CCCC2)C2CCCC2)C1. The lowest BCUT2D eigenvalue weighted by atomic mass is 9.86. The number of carbonyl (C=O) groups is 2. The lowest BCUT2D eigenvalue weighted by molar-refractivity contribution is -0.146. The Bertz CT molecular complexity index is 895. The van der Waals surface area contributed by atoms with Crippen LogP contribution in [0.1, 0.15) is 57.8 Å². The zero-order chi connectivity index (χ0) is 24.1. The molecule has 3 atom stereocenters. The van der Waals surface area contributed by atoms with Crippen LogP contribution < -0.4 is 10.1 Å². The maximum absolute atomic E-state index is 13.8. The maximum atomic E-state index is 13.8. The van der Waals surface area contributed by atoms with E-state index in [1.807, 2.05) is 29.2 Å². The van der Waals surface area contributed by atoms with Crippen LogP contribution in [0.3, 0.4) is 0 Å². The molecule has 0 aromatic heterocycles. The highest BCUT2D eigenvalue weighted by atomic mass is 127. The number of halogens is 1. The van der Waals surface area contributed by atoms with E-state index in [4.69, 9.17) is 9.84 Å². The zero-order valence-electron chi connectivity index (χ0n) is 19.5. The first-order valence-electron chi connectivity index (χ1n) is 12.5. The summed E-state index contributed by atoms with van der Waals surface area (Å²) in [5, 5.41) is 23.4.